The Morgan fingerprint density at radius 3 is 2.47 bits per heavy atom. The van der Waals surface area contributed by atoms with Crippen LogP contribution in [-0.4, -0.2) is 28.6 Å². The van der Waals surface area contributed by atoms with Gasteiger partial charge in [0.25, 0.3) is 0 Å². The number of aromatic nitrogens is 1. The molecule has 0 aliphatic carbocycles. The van der Waals surface area contributed by atoms with Crippen LogP contribution in [0.3, 0.4) is 0 Å². The third-order valence-corrected chi connectivity index (χ3v) is 2.50. The van der Waals surface area contributed by atoms with E-state index in [-0.39, 0.29) is 18.5 Å². The first-order chi connectivity index (χ1) is 7.91. The van der Waals surface area contributed by atoms with Gasteiger partial charge in [-0.05, 0) is 32.4 Å². The Kier molecular flexibility index (Phi) is 4.45. The minimum atomic E-state index is -0.541. The summed E-state index contributed by atoms with van der Waals surface area (Å²) in [5.41, 5.74) is 5.95. The quantitative estimate of drug-likeness (QED) is 0.795. The molecule has 1 aromatic rings. The fraction of sp³-hybridized carbons (Fsp3) is 0.500. The number of nitrogens with zero attached hydrogens (tertiary/aromatic N) is 2. The number of amides is 1. The maximum Gasteiger partial charge on any atom is 0.237 e. The van der Waals surface area contributed by atoms with Crippen molar-refractivity contribution in [3.05, 3.63) is 23.9 Å². The number of carbonyl (C=O) groups is 1. The van der Waals surface area contributed by atoms with E-state index < -0.39 is 6.10 Å². The first-order valence-corrected chi connectivity index (χ1v) is 5.60. The highest BCUT2D eigenvalue weighted by molar-refractivity contribution is 5.79. The first kappa shape index (κ1) is 13.4. The SMILES string of the molecule is CC(C)N(CC(N)=O)c1ccc([C@@H](C)O)cn1. The molecule has 0 radical (unpaired) electrons. The van der Waals surface area contributed by atoms with Gasteiger partial charge in [0.2, 0.25) is 5.91 Å². The maximum atomic E-state index is 11.0. The lowest BCUT2D eigenvalue weighted by Gasteiger charge is -2.26. The van der Waals surface area contributed by atoms with Gasteiger partial charge in [0.05, 0.1) is 12.6 Å². The van der Waals surface area contributed by atoms with Crippen LogP contribution < -0.4 is 10.6 Å². The predicted octanol–water partition coefficient (Wildman–Crippen LogP) is 0.835. The van der Waals surface area contributed by atoms with E-state index in [0.717, 1.165) is 5.56 Å². The van der Waals surface area contributed by atoms with Gasteiger partial charge in [-0.3, -0.25) is 4.79 Å². The lowest BCUT2D eigenvalue weighted by atomic mass is 10.2. The van der Waals surface area contributed by atoms with Crippen molar-refractivity contribution in [3.8, 4) is 0 Å². The summed E-state index contributed by atoms with van der Waals surface area (Å²) in [4.78, 5) is 17.0. The topological polar surface area (TPSA) is 79.5 Å². The molecule has 1 amide bonds. The number of anilines is 1. The molecule has 1 rings (SSSR count). The summed E-state index contributed by atoms with van der Waals surface area (Å²) in [6.07, 6.45) is 1.07. The van der Waals surface area contributed by atoms with E-state index in [1.165, 1.54) is 0 Å². The summed E-state index contributed by atoms with van der Waals surface area (Å²) in [6, 6.07) is 3.71. The van der Waals surface area contributed by atoms with Gasteiger partial charge in [-0.25, -0.2) is 4.98 Å². The summed E-state index contributed by atoms with van der Waals surface area (Å²) in [7, 11) is 0. The largest absolute Gasteiger partial charge is 0.389 e. The van der Waals surface area contributed by atoms with Crippen molar-refractivity contribution in [2.75, 3.05) is 11.4 Å². The molecule has 0 bridgehead atoms. The van der Waals surface area contributed by atoms with E-state index in [1.807, 2.05) is 18.7 Å². The number of aliphatic hydroxyl groups is 1. The highest BCUT2D eigenvalue weighted by Gasteiger charge is 2.14. The van der Waals surface area contributed by atoms with Crippen molar-refractivity contribution in [2.45, 2.75) is 32.9 Å². The molecule has 1 atom stereocenters. The minimum absolute atomic E-state index is 0.132. The number of aliphatic hydroxyl groups excluding tert-OH is 1. The Hall–Kier alpha value is -1.62. The van der Waals surface area contributed by atoms with Crippen LogP contribution in [0.1, 0.15) is 32.4 Å². The molecule has 1 aromatic heterocycles. The lowest BCUT2D eigenvalue weighted by Crippen LogP contribution is -2.39. The second-order valence-electron chi connectivity index (χ2n) is 4.31. The third-order valence-electron chi connectivity index (χ3n) is 2.50. The summed E-state index contributed by atoms with van der Waals surface area (Å²) in [5.74, 6) is 0.295. The molecular weight excluding hydrogens is 218 g/mol. The van der Waals surface area contributed by atoms with Crippen LogP contribution in [0.5, 0.6) is 0 Å². The summed E-state index contributed by atoms with van der Waals surface area (Å²) < 4.78 is 0. The molecule has 5 nitrogen and oxygen atoms in total. The van der Waals surface area contributed by atoms with Crippen LogP contribution >= 0.6 is 0 Å². The van der Waals surface area contributed by atoms with Gasteiger partial charge in [-0.1, -0.05) is 6.07 Å². The Balaban J connectivity index is 2.91. The summed E-state index contributed by atoms with van der Waals surface area (Å²) >= 11 is 0. The Morgan fingerprint density at radius 2 is 2.12 bits per heavy atom. The zero-order valence-electron chi connectivity index (χ0n) is 10.4. The number of pyridine rings is 1. The zero-order valence-corrected chi connectivity index (χ0v) is 10.4. The number of hydrogen-bond acceptors (Lipinski definition) is 4. The van der Waals surface area contributed by atoms with Gasteiger partial charge >= 0.3 is 0 Å². The van der Waals surface area contributed by atoms with E-state index in [9.17, 15) is 9.90 Å². The van der Waals surface area contributed by atoms with Crippen molar-refractivity contribution in [3.63, 3.8) is 0 Å². The lowest BCUT2D eigenvalue weighted by molar-refractivity contribution is -0.116. The smallest absolute Gasteiger partial charge is 0.237 e. The molecule has 1 heterocycles. The van der Waals surface area contributed by atoms with Crippen molar-refractivity contribution in [1.82, 2.24) is 4.98 Å². The van der Waals surface area contributed by atoms with Crippen LogP contribution in [0.15, 0.2) is 18.3 Å². The predicted molar refractivity (Wildman–Crippen MR) is 66.5 cm³/mol. The van der Waals surface area contributed by atoms with E-state index in [1.54, 1.807) is 25.3 Å². The molecule has 0 unspecified atom stereocenters. The Morgan fingerprint density at radius 1 is 1.47 bits per heavy atom. The van der Waals surface area contributed by atoms with E-state index >= 15 is 0 Å². The number of rotatable bonds is 5. The van der Waals surface area contributed by atoms with Crippen LogP contribution in [0.2, 0.25) is 0 Å². The maximum absolute atomic E-state index is 11.0. The van der Waals surface area contributed by atoms with Gasteiger partial charge in [-0.15, -0.1) is 0 Å². The number of nitrogens with two attached hydrogens (primary N) is 1. The van der Waals surface area contributed by atoms with Crippen LogP contribution in [0.25, 0.3) is 0 Å². The van der Waals surface area contributed by atoms with Gasteiger partial charge in [0, 0.05) is 12.2 Å². The number of carbonyl (C=O) groups excluding carboxylic acids is 1. The summed E-state index contributed by atoms with van der Waals surface area (Å²) in [5, 5.41) is 9.38. The molecule has 94 valence electrons. The Bertz CT molecular complexity index is 374. The molecule has 0 spiro atoms. The standard InChI is InChI=1S/C12H19N3O2/c1-8(2)15(7-11(13)17)12-5-4-10(6-14-12)9(3)16/h4-6,8-9,16H,7H2,1-3H3,(H2,13,17)/t9-/m1/s1. The van der Waals surface area contributed by atoms with E-state index in [2.05, 4.69) is 4.98 Å². The molecular formula is C12H19N3O2. The molecule has 0 fully saturated rings. The second-order valence-corrected chi connectivity index (χ2v) is 4.31. The fourth-order valence-corrected chi connectivity index (χ4v) is 1.51. The van der Waals surface area contributed by atoms with Crippen molar-refractivity contribution >= 4 is 11.7 Å². The average molecular weight is 237 g/mol. The molecule has 0 aliphatic heterocycles. The normalized spacial score (nSPS) is 12.5. The highest BCUT2D eigenvalue weighted by Crippen LogP contribution is 2.17. The van der Waals surface area contributed by atoms with Crippen molar-refractivity contribution < 1.29 is 9.90 Å². The van der Waals surface area contributed by atoms with Gasteiger partial charge in [0.1, 0.15) is 5.82 Å². The highest BCUT2D eigenvalue weighted by atomic mass is 16.3. The Labute approximate surface area is 101 Å². The third kappa shape index (κ3) is 3.71. The number of primary amides is 1. The molecule has 0 saturated heterocycles. The van der Waals surface area contributed by atoms with Crippen molar-refractivity contribution in [1.29, 1.82) is 0 Å². The number of hydrogen-bond donors (Lipinski definition) is 2. The molecule has 3 N–H and O–H groups in total. The summed E-state index contributed by atoms with van der Waals surface area (Å²) in [6.45, 7) is 5.75. The van der Waals surface area contributed by atoms with Crippen LogP contribution in [-0.2, 0) is 4.79 Å². The average Bonchev–Trinajstić information content (AvgIpc) is 2.25. The van der Waals surface area contributed by atoms with Crippen molar-refractivity contribution in [2.24, 2.45) is 5.73 Å². The van der Waals surface area contributed by atoms with Gasteiger partial charge in [0.15, 0.2) is 0 Å². The monoisotopic (exact) mass is 237 g/mol. The van der Waals surface area contributed by atoms with Crippen LogP contribution in [0.4, 0.5) is 5.82 Å². The molecule has 17 heavy (non-hydrogen) atoms. The van der Waals surface area contributed by atoms with E-state index in [0.29, 0.717) is 5.82 Å². The zero-order chi connectivity index (χ0) is 13.0. The second kappa shape index (κ2) is 5.63. The minimum Gasteiger partial charge on any atom is -0.389 e. The first-order valence-electron chi connectivity index (χ1n) is 5.60. The molecule has 0 aliphatic rings. The van der Waals surface area contributed by atoms with Crippen LogP contribution in [0, 0.1) is 0 Å². The fourth-order valence-electron chi connectivity index (χ4n) is 1.51. The van der Waals surface area contributed by atoms with Gasteiger partial charge in [-0.2, -0.15) is 0 Å². The van der Waals surface area contributed by atoms with Gasteiger partial charge < -0.3 is 15.7 Å². The molecule has 5 heteroatoms. The van der Waals surface area contributed by atoms with E-state index in [4.69, 9.17) is 5.73 Å². The molecule has 0 saturated carbocycles. The molecule has 0 aromatic carbocycles.